The Hall–Kier alpha value is -1.80. The first-order chi connectivity index (χ1) is 8.29. The largest absolute Gasteiger partial charge is 0.457 e. The van der Waals surface area contributed by atoms with Crippen molar-refractivity contribution in [2.45, 2.75) is 12.8 Å². The third-order valence-electron chi connectivity index (χ3n) is 2.76. The molecule has 2 heteroatoms. The molecule has 1 unspecified atom stereocenters. The minimum atomic E-state index is 0.356. The van der Waals surface area contributed by atoms with Crippen molar-refractivity contribution in [3.05, 3.63) is 60.2 Å². The summed E-state index contributed by atoms with van der Waals surface area (Å²) >= 11 is 0. The van der Waals surface area contributed by atoms with Gasteiger partial charge in [0, 0.05) is 0 Å². The first-order valence-corrected chi connectivity index (χ1v) is 5.82. The van der Waals surface area contributed by atoms with E-state index in [4.69, 9.17) is 10.5 Å². The fraction of sp³-hybridized carbons (Fsp3) is 0.200. The molecule has 2 nitrogen and oxygen atoms in total. The number of hydrogen-bond acceptors (Lipinski definition) is 2. The van der Waals surface area contributed by atoms with Crippen molar-refractivity contribution in [3.8, 4) is 11.5 Å². The van der Waals surface area contributed by atoms with Crippen LogP contribution in [0, 0.1) is 0 Å². The number of para-hydroxylation sites is 1. The van der Waals surface area contributed by atoms with Gasteiger partial charge in [0.05, 0.1) is 0 Å². The van der Waals surface area contributed by atoms with Crippen molar-refractivity contribution in [2.24, 2.45) is 5.73 Å². The van der Waals surface area contributed by atoms with Crippen LogP contribution in [0.25, 0.3) is 0 Å². The van der Waals surface area contributed by atoms with Gasteiger partial charge in [-0.05, 0) is 42.3 Å². The first kappa shape index (κ1) is 11.7. The highest BCUT2D eigenvalue weighted by molar-refractivity contribution is 5.35. The van der Waals surface area contributed by atoms with Crippen LogP contribution in [0.5, 0.6) is 11.5 Å². The molecule has 0 saturated carbocycles. The van der Waals surface area contributed by atoms with E-state index in [1.54, 1.807) is 0 Å². The Morgan fingerprint density at radius 2 is 1.71 bits per heavy atom. The lowest BCUT2D eigenvalue weighted by atomic mass is 10.0. The van der Waals surface area contributed by atoms with Gasteiger partial charge in [0.15, 0.2) is 0 Å². The van der Waals surface area contributed by atoms with Crippen LogP contribution in [0.1, 0.15) is 18.4 Å². The third kappa shape index (κ3) is 3.08. The average molecular weight is 227 g/mol. The van der Waals surface area contributed by atoms with Gasteiger partial charge in [-0.1, -0.05) is 37.3 Å². The van der Waals surface area contributed by atoms with Gasteiger partial charge in [0.2, 0.25) is 0 Å². The number of rotatable bonds is 4. The van der Waals surface area contributed by atoms with Gasteiger partial charge in [0.1, 0.15) is 11.5 Å². The maximum Gasteiger partial charge on any atom is 0.127 e. The van der Waals surface area contributed by atoms with Crippen molar-refractivity contribution in [1.82, 2.24) is 0 Å². The molecule has 0 aliphatic heterocycles. The Labute approximate surface area is 102 Å². The quantitative estimate of drug-likeness (QED) is 0.867. The highest BCUT2D eigenvalue weighted by Crippen LogP contribution is 2.24. The van der Waals surface area contributed by atoms with Crippen LogP contribution in [0.15, 0.2) is 54.6 Å². The summed E-state index contributed by atoms with van der Waals surface area (Å²) in [7, 11) is 0. The highest BCUT2D eigenvalue weighted by Gasteiger charge is 2.04. The molecule has 0 aliphatic rings. The zero-order valence-corrected chi connectivity index (χ0v) is 9.97. The van der Waals surface area contributed by atoms with E-state index >= 15 is 0 Å². The molecule has 0 spiro atoms. The van der Waals surface area contributed by atoms with Crippen molar-refractivity contribution >= 4 is 0 Å². The summed E-state index contributed by atoms with van der Waals surface area (Å²) in [5.74, 6) is 2.06. The Bertz CT molecular complexity index is 467. The second-order valence-electron chi connectivity index (χ2n) is 4.12. The number of ether oxygens (including phenoxy) is 1. The van der Waals surface area contributed by atoms with Crippen LogP contribution in [0.4, 0.5) is 0 Å². The average Bonchev–Trinajstić information content (AvgIpc) is 2.39. The molecule has 1 atom stereocenters. The molecule has 17 heavy (non-hydrogen) atoms. The monoisotopic (exact) mass is 227 g/mol. The molecule has 2 aromatic rings. The molecule has 0 saturated heterocycles. The van der Waals surface area contributed by atoms with Crippen LogP contribution < -0.4 is 10.5 Å². The lowest BCUT2D eigenvalue weighted by Crippen LogP contribution is -2.08. The summed E-state index contributed by atoms with van der Waals surface area (Å²) in [5, 5.41) is 0. The molecule has 88 valence electrons. The van der Waals surface area contributed by atoms with Crippen LogP contribution in [0.3, 0.4) is 0 Å². The van der Waals surface area contributed by atoms with Crippen LogP contribution in [-0.4, -0.2) is 6.54 Å². The Morgan fingerprint density at radius 1 is 1.00 bits per heavy atom. The van der Waals surface area contributed by atoms with E-state index in [2.05, 4.69) is 13.0 Å². The van der Waals surface area contributed by atoms with Crippen LogP contribution in [0.2, 0.25) is 0 Å². The fourth-order valence-corrected chi connectivity index (χ4v) is 1.65. The van der Waals surface area contributed by atoms with E-state index in [1.165, 1.54) is 5.56 Å². The molecule has 2 rings (SSSR count). The first-order valence-electron chi connectivity index (χ1n) is 5.82. The van der Waals surface area contributed by atoms with Gasteiger partial charge in [-0.15, -0.1) is 0 Å². The van der Waals surface area contributed by atoms with E-state index in [0.717, 1.165) is 11.5 Å². The molecular formula is C15H17NO. The molecule has 0 aromatic heterocycles. The Kier molecular flexibility index (Phi) is 3.78. The van der Waals surface area contributed by atoms with Crippen molar-refractivity contribution in [2.75, 3.05) is 6.54 Å². The number of benzene rings is 2. The Morgan fingerprint density at radius 3 is 2.41 bits per heavy atom. The zero-order valence-electron chi connectivity index (χ0n) is 9.97. The number of nitrogens with two attached hydrogens (primary N) is 1. The van der Waals surface area contributed by atoms with Crippen LogP contribution in [-0.2, 0) is 0 Å². The minimum absolute atomic E-state index is 0.356. The van der Waals surface area contributed by atoms with Gasteiger partial charge in [-0.3, -0.25) is 0 Å². The fourth-order valence-electron chi connectivity index (χ4n) is 1.65. The Balaban J connectivity index is 2.17. The van der Waals surface area contributed by atoms with E-state index in [-0.39, 0.29) is 0 Å². The van der Waals surface area contributed by atoms with Crippen LogP contribution >= 0.6 is 0 Å². The van der Waals surface area contributed by atoms with Gasteiger partial charge >= 0.3 is 0 Å². The van der Waals surface area contributed by atoms with Crippen molar-refractivity contribution in [3.63, 3.8) is 0 Å². The zero-order chi connectivity index (χ0) is 12.1. The molecule has 2 N–H and O–H groups in total. The summed E-state index contributed by atoms with van der Waals surface area (Å²) in [4.78, 5) is 0. The van der Waals surface area contributed by atoms with Crippen molar-refractivity contribution < 1.29 is 4.74 Å². The molecule has 2 aromatic carbocycles. The predicted octanol–water partition coefficient (Wildman–Crippen LogP) is 3.54. The topological polar surface area (TPSA) is 35.2 Å². The molecule has 0 fully saturated rings. The smallest absolute Gasteiger partial charge is 0.127 e. The summed E-state index contributed by atoms with van der Waals surface area (Å²) in [5.41, 5.74) is 6.88. The van der Waals surface area contributed by atoms with Gasteiger partial charge in [-0.2, -0.15) is 0 Å². The lowest BCUT2D eigenvalue weighted by Gasteiger charge is -2.11. The second-order valence-corrected chi connectivity index (χ2v) is 4.12. The predicted molar refractivity (Wildman–Crippen MR) is 70.4 cm³/mol. The lowest BCUT2D eigenvalue weighted by molar-refractivity contribution is 0.481. The maximum absolute atomic E-state index is 5.77. The SMILES string of the molecule is CC(CN)c1cccc(Oc2ccccc2)c1. The molecule has 0 bridgehead atoms. The van der Waals surface area contributed by atoms with Crippen molar-refractivity contribution in [1.29, 1.82) is 0 Å². The third-order valence-corrected chi connectivity index (χ3v) is 2.76. The molecule has 0 heterocycles. The van der Waals surface area contributed by atoms with Gasteiger partial charge in [-0.25, -0.2) is 0 Å². The molecule has 0 aliphatic carbocycles. The van der Waals surface area contributed by atoms with Gasteiger partial charge < -0.3 is 10.5 Å². The molecular weight excluding hydrogens is 210 g/mol. The van der Waals surface area contributed by atoms with E-state index in [0.29, 0.717) is 12.5 Å². The number of hydrogen-bond donors (Lipinski definition) is 1. The summed E-state index contributed by atoms with van der Waals surface area (Å²) in [6.07, 6.45) is 0. The second kappa shape index (κ2) is 5.51. The summed E-state index contributed by atoms with van der Waals surface area (Å²) in [6, 6.07) is 17.9. The van der Waals surface area contributed by atoms with Gasteiger partial charge in [0.25, 0.3) is 0 Å². The summed E-state index contributed by atoms with van der Waals surface area (Å²) < 4.78 is 5.77. The standard InChI is InChI=1S/C15H17NO/c1-12(11-16)13-6-5-9-15(10-13)17-14-7-3-2-4-8-14/h2-10,12H,11,16H2,1H3. The molecule has 0 radical (unpaired) electrons. The van der Waals surface area contributed by atoms with E-state index in [1.807, 2.05) is 48.5 Å². The summed E-state index contributed by atoms with van der Waals surface area (Å²) in [6.45, 7) is 2.76. The highest BCUT2D eigenvalue weighted by atomic mass is 16.5. The molecule has 0 amide bonds. The van der Waals surface area contributed by atoms with E-state index in [9.17, 15) is 0 Å². The normalized spacial score (nSPS) is 12.1. The minimum Gasteiger partial charge on any atom is -0.457 e. The van der Waals surface area contributed by atoms with E-state index < -0.39 is 0 Å². The maximum atomic E-state index is 5.77.